The minimum atomic E-state index is -0.933. The summed E-state index contributed by atoms with van der Waals surface area (Å²) in [6.45, 7) is 0. The van der Waals surface area contributed by atoms with Gasteiger partial charge in [-0.2, -0.15) is 0 Å². The fourth-order valence-electron chi connectivity index (χ4n) is 3.65. The molecule has 3 heteroatoms. The van der Waals surface area contributed by atoms with Crippen LogP contribution in [0.1, 0.15) is 64.2 Å². The van der Waals surface area contributed by atoms with Crippen LogP contribution in [-0.2, 0) is 4.79 Å². The van der Waals surface area contributed by atoms with Gasteiger partial charge in [0.25, 0.3) is 0 Å². The smallest absolute Gasteiger partial charge is 0.312 e. The Morgan fingerprint density at radius 3 is 1.69 bits per heavy atom. The van der Waals surface area contributed by atoms with Crippen LogP contribution in [0.25, 0.3) is 0 Å². The maximum absolute atomic E-state index is 11.6. The molecule has 2 aliphatic rings. The molecule has 3 nitrogen and oxygen atoms in total. The molecular weight excluding hydrogens is 204 g/mol. The van der Waals surface area contributed by atoms with Gasteiger partial charge in [-0.3, -0.25) is 4.79 Å². The Morgan fingerprint density at radius 2 is 1.25 bits per heavy atom. The molecule has 0 unspecified atom stereocenters. The van der Waals surface area contributed by atoms with E-state index in [0.717, 1.165) is 38.5 Å². The van der Waals surface area contributed by atoms with Crippen molar-refractivity contribution in [1.29, 1.82) is 0 Å². The van der Waals surface area contributed by atoms with Crippen LogP contribution in [0, 0.1) is 5.41 Å². The van der Waals surface area contributed by atoms with Crippen LogP contribution in [0.15, 0.2) is 0 Å². The third-order valence-electron chi connectivity index (χ3n) is 4.69. The minimum absolute atomic E-state index is 0.666. The van der Waals surface area contributed by atoms with Gasteiger partial charge in [-0.25, -0.2) is 0 Å². The number of carboxylic acids is 1. The van der Waals surface area contributed by atoms with Gasteiger partial charge in [-0.1, -0.05) is 38.5 Å². The molecule has 0 aromatic heterocycles. The van der Waals surface area contributed by atoms with E-state index in [9.17, 15) is 15.0 Å². The van der Waals surface area contributed by atoms with Crippen LogP contribution in [0.2, 0.25) is 0 Å². The predicted molar refractivity (Wildman–Crippen MR) is 61.2 cm³/mol. The van der Waals surface area contributed by atoms with Gasteiger partial charge in [0.15, 0.2) is 0 Å². The maximum atomic E-state index is 11.6. The zero-order valence-electron chi connectivity index (χ0n) is 9.87. The van der Waals surface area contributed by atoms with Gasteiger partial charge in [-0.05, 0) is 25.7 Å². The highest BCUT2D eigenvalue weighted by Crippen LogP contribution is 2.51. The molecule has 92 valence electrons. The van der Waals surface area contributed by atoms with E-state index < -0.39 is 17.0 Å². The Labute approximate surface area is 96.9 Å². The Bertz CT molecular complexity index is 260. The molecule has 2 fully saturated rings. The van der Waals surface area contributed by atoms with Gasteiger partial charge in [0, 0.05) is 0 Å². The van der Waals surface area contributed by atoms with Crippen molar-refractivity contribution in [2.24, 2.45) is 5.41 Å². The van der Waals surface area contributed by atoms with Gasteiger partial charge in [0.05, 0.1) is 11.0 Å². The van der Waals surface area contributed by atoms with Gasteiger partial charge < -0.3 is 10.2 Å². The normalized spacial score (nSPS) is 28.6. The first-order valence-corrected chi connectivity index (χ1v) is 6.57. The van der Waals surface area contributed by atoms with Gasteiger partial charge in [0.2, 0.25) is 0 Å². The molecule has 0 aliphatic heterocycles. The molecule has 0 bridgehead atoms. The second-order valence-electron chi connectivity index (χ2n) is 5.54. The number of hydrogen-bond acceptors (Lipinski definition) is 2. The molecule has 0 saturated heterocycles. The van der Waals surface area contributed by atoms with Gasteiger partial charge >= 0.3 is 5.97 Å². The number of hydrogen-bond donors (Lipinski definition) is 2. The second-order valence-corrected chi connectivity index (χ2v) is 5.54. The lowest BCUT2D eigenvalue weighted by Gasteiger charge is -2.48. The average Bonchev–Trinajstić information content (AvgIpc) is 2.30. The molecule has 0 heterocycles. The standard InChI is InChI=1S/C13H22O3/c14-11(15)12(7-3-1-4-8-12)13(16)9-5-2-6-10-13/h16H,1-10H2,(H,14,15). The van der Waals surface area contributed by atoms with E-state index >= 15 is 0 Å². The van der Waals surface area contributed by atoms with Crippen molar-refractivity contribution in [3.63, 3.8) is 0 Å². The third-order valence-corrected chi connectivity index (χ3v) is 4.69. The summed E-state index contributed by atoms with van der Waals surface area (Å²) in [5.74, 6) is -0.767. The van der Waals surface area contributed by atoms with E-state index in [1.54, 1.807) is 0 Å². The highest BCUT2D eigenvalue weighted by Gasteiger charge is 2.55. The number of rotatable bonds is 2. The summed E-state index contributed by atoms with van der Waals surface area (Å²) in [6.07, 6.45) is 8.81. The Kier molecular flexibility index (Phi) is 3.24. The van der Waals surface area contributed by atoms with Crippen molar-refractivity contribution in [2.75, 3.05) is 0 Å². The number of aliphatic carboxylic acids is 1. The lowest BCUT2D eigenvalue weighted by Crippen LogP contribution is -2.55. The Morgan fingerprint density at radius 1 is 0.812 bits per heavy atom. The molecule has 0 aromatic carbocycles. The Hall–Kier alpha value is -0.570. The van der Waals surface area contributed by atoms with Crippen LogP contribution in [-0.4, -0.2) is 21.8 Å². The SMILES string of the molecule is O=C(O)C1(C2(O)CCCCC2)CCCCC1. The molecule has 0 aromatic rings. The molecule has 0 spiro atoms. The lowest BCUT2D eigenvalue weighted by molar-refractivity contribution is -0.181. The largest absolute Gasteiger partial charge is 0.481 e. The fraction of sp³-hybridized carbons (Fsp3) is 0.923. The molecule has 0 radical (unpaired) electrons. The first-order chi connectivity index (χ1) is 7.61. The monoisotopic (exact) mass is 226 g/mol. The number of carboxylic acid groups (broad SMARTS) is 1. The predicted octanol–water partition coefficient (Wildman–Crippen LogP) is 2.72. The summed E-state index contributed by atoms with van der Waals surface area (Å²) in [5.41, 5.74) is -1.77. The minimum Gasteiger partial charge on any atom is -0.481 e. The van der Waals surface area contributed by atoms with Gasteiger partial charge in [-0.15, -0.1) is 0 Å². The van der Waals surface area contributed by atoms with Gasteiger partial charge in [0.1, 0.15) is 0 Å². The van der Waals surface area contributed by atoms with E-state index in [4.69, 9.17) is 0 Å². The summed E-state index contributed by atoms with van der Waals surface area (Å²) in [5, 5.41) is 20.3. The van der Waals surface area contributed by atoms with E-state index in [2.05, 4.69) is 0 Å². The van der Waals surface area contributed by atoms with Crippen molar-refractivity contribution in [2.45, 2.75) is 69.8 Å². The topological polar surface area (TPSA) is 57.5 Å². The summed E-state index contributed by atoms with van der Waals surface area (Å²) in [7, 11) is 0. The van der Waals surface area contributed by atoms with E-state index in [0.29, 0.717) is 25.7 Å². The molecule has 0 amide bonds. The van der Waals surface area contributed by atoms with Crippen LogP contribution < -0.4 is 0 Å². The summed E-state index contributed by atoms with van der Waals surface area (Å²) in [6, 6.07) is 0. The van der Waals surface area contributed by atoms with E-state index in [1.165, 1.54) is 0 Å². The zero-order chi connectivity index (χ0) is 11.6. The molecule has 16 heavy (non-hydrogen) atoms. The quantitative estimate of drug-likeness (QED) is 0.761. The van der Waals surface area contributed by atoms with Crippen molar-refractivity contribution in [1.82, 2.24) is 0 Å². The van der Waals surface area contributed by atoms with Crippen LogP contribution >= 0.6 is 0 Å². The number of carbonyl (C=O) groups is 1. The molecule has 2 saturated carbocycles. The molecule has 2 N–H and O–H groups in total. The third kappa shape index (κ3) is 1.75. The second kappa shape index (κ2) is 4.36. The Balaban J connectivity index is 2.26. The average molecular weight is 226 g/mol. The van der Waals surface area contributed by atoms with Crippen molar-refractivity contribution in [3.8, 4) is 0 Å². The van der Waals surface area contributed by atoms with Crippen molar-refractivity contribution in [3.05, 3.63) is 0 Å². The first-order valence-electron chi connectivity index (χ1n) is 6.57. The van der Waals surface area contributed by atoms with E-state index in [1.807, 2.05) is 0 Å². The highest BCUT2D eigenvalue weighted by atomic mass is 16.4. The van der Waals surface area contributed by atoms with E-state index in [-0.39, 0.29) is 0 Å². The first kappa shape index (κ1) is 11.9. The molecule has 0 atom stereocenters. The summed E-state index contributed by atoms with van der Waals surface area (Å²) >= 11 is 0. The maximum Gasteiger partial charge on any atom is 0.312 e. The fourth-order valence-corrected chi connectivity index (χ4v) is 3.65. The molecule has 2 rings (SSSR count). The molecule has 2 aliphatic carbocycles. The highest BCUT2D eigenvalue weighted by molar-refractivity contribution is 5.76. The van der Waals surface area contributed by atoms with Crippen molar-refractivity contribution >= 4 is 5.97 Å². The lowest BCUT2D eigenvalue weighted by atomic mass is 9.59. The molecular formula is C13H22O3. The summed E-state index contributed by atoms with van der Waals surface area (Å²) in [4.78, 5) is 11.6. The van der Waals surface area contributed by atoms with Crippen LogP contribution in [0.3, 0.4) is 0 Å². The zero-order valence-corrected chi connectivity index (χ0v) is 9.87. The van der Waals surface area contributed by atoms with Crippen LogP contribution in [0.5, 0.6) is 0 Å². The van der Waals surface area contributed by atoms with Crippen LogP contribution in [0.4, 0.5) is 0 Å². The van der Waals surface area contributed by atoms with Crippen molar-refractivity contribution < 1.29 is 15.0 Å². The number of aliphatic hydroxyl groups is 1. The summed E-state index contributed by atoms with van der Waals surface area (Å²) < 4.78 is 0.